The Morgan fingerprint density at radius 3 is 2.75 bits per heavy atom. The lowest BCUT2D eigenvalue weighted by Crippen LogP contribution is -2.52. The lowest BCUT2D eigenvalue weighted by molar-refractivity contribution is -0.0300. The topological polar surface area (TPSA) is 33.7 Å². The minimum atomic E-state index is 0.366. The van der Waals surface area contributed by atoms with Crippen molar-refractivity contribution in [3.63, 3.8) is 0 Å². The summed E-state index contributed by atoms with van der Waals surface area (Å²) in [7, 11) is 5.57. The van der Waals surface area contributed by atoms with Crippen molar-refractivity contribution in [2.45, 2.75) is 25.5 Å². The van der Waals surface area contributed by atoms with E-state index < -0.39 is 0 Å². The summed E-state index contributed by atoms with van der Waals surface area (Å²) in [5, 5.41) is 3.23. The van der Waals surface area contributed by atoms with Crippen molar-refractivity contribution >= 4 is 0 Å². The molecule has 4 nitrogen and oxygen atoms in total. The third kappa shape index (κ3) is 3.70. The molecule has 4 heteroatoms. The summed E-state index contributed by atoms with van der Waals surface area (Å²) in [6.07, 6.45) is 1.58. The van der Waals surface area contributed by atoms with Gasteiger partial charge in [-0.25, -0.2) is 0 Å². The van der Waals surface area contributed by atoms with Gasteiger partial charge in [0.1, 0.15) is 0 Å². The molecule has 16 heavy (non-hydrogen) atoms. The monoisotopic (exact) mass is 230 g/mol. The zero-order chi connectivity index (χ0) is 12.0. The Kier molecular flexibility index (Phi) is 6.28. The number of hydrogen-bond acceptors (Lipinski definition) is 4. The molecule has 0 aromatic heterocycles. The van der Waals surface area contributed by atoms with E-state index in [1.165, 1.54) is 6.42 Å². The summed E-state index contributed by atoms with van der Waals surface area (Å²) >= 11 is 0. The molecule has 0 aromatic rings. The van der Waals surface area contributed by atoms with Crippen molar-refractivity contribution in [3.05, 3.63) is 0 Å². The van der Waals surface area contributed by atoms with Crippen LogP contribution < -0.4 is 5.32 Å². The molecule has 1 heterocycles. The average molecular weight is 230 g/mol. The molecule has 3 atom stereocenters. The van der Waals surface area contributed by atoms with E-state index in [0.717, 1.165) is 26.2 Å². The van der Waals surface area contributed by atoms with Crippen LogP contribution in [-0.4, -0.2) is 64.6 Å². The van der Waals surface area contributed by atoms with Crippen LogP contribution in [-0.2, 0) is 9.47 Å². The van der Waals surface area contributed by atoms with Crippen LogP contribution in [0.2, 0.25) is 0 Å². The fourth-order valence-corrected chi connectivity index (χ4v) is 2.42. The van der Waals surface area contributed by atoms with Gasteiger partial charge in [-0.3, -0.25) is 4.90 Å². The van der Waals surface area contributed by atoms with Crippen LogP contribution in [0.15, 0.2) is 0 Å². The van der Waals surface area contributed by atoms with Gasteiger partial charge in [0.15, 0.2) is 0 Å². The largest absolute Gasteiger partial charge is 0.383 e. The fraction of sp³-hybridized carbons (Fsp3) is 1.00. The normalized spacial score (nSPS) is 29.2. The molecule has 0 spiro atoms. The highest BCUT2D eigenvalue weighted by atomic mass is 16.5. The predicted molar refractivity (Wildman–Crippen MR) is 65.7 cm³/mol. The quantitative estimate of drug-likeness (QED) is 0.723. The van der Waals surface area contributed by atoms with Crippen molar-refractivity contribution in [1.82, 2.24) is 10.2 Å². The first-order valence-electron chi connectivity index (χ1n) is 6.13. The van der Waals surface area contributed by atoms with Gasteiger partial charge < -0.3 is 14.8 Å². The number of likely N-dealkylation sites (tertiary alicyclic amines) is 1. The summed E-state index contributed by atoms with van der Waals surface area (Å²) in [5.74, 6) is 0.666. The van der Waals surface area contributed by atoms with E-state index in [-0.39, 0.29) is 0 Å². The number of nitrogens with one attached hydrogen (secondary N) is 1. The molecule has 0 saturated carbocycles. The van der Waals surface area contributed by atoms with Crippen LogP contribution in [0.1, 0.15) is 13.3 Å². The first kappa shape index (κ1) is 13.9. The second kappa shape index (κ2) is 7.22. The van der Waals surface area contributed by atoms with Gasteiger partial charge in [-0.1, -0.05) is 6.92 Å². The van der Waals surface area contributed by atoms with Crippen LogP contribution in [0.4, 0.5) is 0 Å². The average Bonchev–Trinajstić information content (AvgIpc) is 2.29. The molecule has 1 rings (SSSR count). The summed E-state index contributed by atoms with van der Waals surface area (Å²) < 4.78 is 10.8. The van der Waals surface area contributed by atoms with Crippen molar-refractivity contribution in [2.24, 2.45) is 5.92 Å². The number of rotatable bonds is 6. The van der Waals surface area contributed by atoms with Crippen LogP contribution >= 0.6 is 0 Å². The molecule has 1 aliphatic rings. The Morgan fingerprint density at radius 2 is 2.19 bits per heavy atom. The lowest BCUT2D eigenvalue weighted by Gasteiger charge is -2.40. The second-order valence-electron chi connectivity index (χ2n) is 4.70. The predicted octanol–water partition coefficient (Wildman–Crippen LogP) is 0.578. The molecule has 1 fully saturated rings. The number of likely N-dealkylation sites (N-methyl/N-ethyl adjacent to an activating group) is 1. The van der Waals surface area contributed by atoms with Crippen LogP contribution in [0.3, 0.4) is 0 Å². The maximum atomic E-state index is 5.54. The SMILES string of the molecule is CNCC(COC)N1CCC(C)C(OC)C1. The summed E-state index contributed by atoms with van der Waals surface area (Å²) in [6.45, 7) is 6.20. The summed E-state index contributed by atoms with van der Waals surface area (Å²) in [6, 6.07) is 0.458. The maximum Gasteiger partial charge on any atom is 0.0724 e. The number of ether oxygens (including phenoxy) is 2. The first-order chi connectivity index (χ1) is 7.72. The fourth-order valence-electron chi connectivity index (χ4n) is 2.42. The standard InChI is InChI=1S/C12H26N2O2/c1-10-5-6-14(8-12(10)16-4)11(7-13-2)9-15-3/h10-13H,5-9H2,1-4H3. The zero-order valence-electron chi connectivity index (χ0n) is 11.0. The molecule has 0 bridgehead atoms. The molecule has 1 saturated heterocycles. The molecule has 0 amide bonds. The van der Waals surface area contributed by atoms with Gasteiger partial charge in [-0.05, 0) is 25.9 Å². The van der Waals surface area contributed by atoms with Crippen LogP contribution in [0.25, 0.3) is 0 Å². The Labute approximate surface area is 99.3 Å². The summed E-state index contributed by atoms with van der Waals surface area (Å²) in [4.78, 5) is 2.48. The van der Waals surface area contributed by atoms with E-state index in [2.05, 4.69) is 17.1 Å². The number of methoxy groups -OCH3 is 2. The van der Waals surface area contributed by atoms with E-state index in [1.807, 2.05) is 14.2 Å². The minimum Gasteiger partial charge on any atom is -0.383 e. The minimum absolute atomic E-state index is 0.366. The van der Waals surface area contributed by atoms with Gasteiger partial charge in [0.2, 0.25) is 0 Å². The highest BCUT2D eigenvalue weighted by Gasteiger charge is 2.29. The van der Waals surface area contributed by atoms with Crippen molar-refractivity contribution in [2.75, 3.05) is 47.5 Å². The van der Waals surface area contributed by atoms with Gasteiger partial charge in [0.05, 0.1) is 12.7 Å². The highest BCUT2D eigenvalue weighted by molar-refractivity contribution is 4.83. The van der Waals surface area contributed by atoms with Gasteiger partial charge in [0.25, 0.3) is 0 Å². The lowest BCUT2D eigenvalue weighted by atomic mass is 9.94. The third-order valence-corrected chi connectivity index (χ3v) is 3.54. The third-order valence-electron chi connectivity index (χ3n) is 3.54. The van der Waals surface area contributed by atoms with Gasteiger partial charge in [0, 0.05) is 33.4 Å². The molecule has 0 aliphatic carbocycles. The Morgan fingerprint density at radius 1 is 1.44 bits per heavy atom. The van der Waals surface area contributed by atoms with E-state index in [9.17, 15) is 0 Å². The first-order valence-corrected chi connectivity index (χ1v) is 6.13. The number of piperidine rings is 1. The van der Waals surface area contributed by atoms with Crippen molar-refractivity contribution in [1.29, 1.82) is 0 Å². The molecule has 96 valence electrons. The van der Waals surface area contributed by atoms with E-state index in [1.54, 1.807) is 7.11 Å². The van der Waals surface area contributed by atoms with Crippen molar-refractivity contribution < 1.29 is 9.47 Å². The molecular formula is C12H26N2O2. The van der Waals surface area contributed by atoms with E-state index in [4.69, 9.17) is 9.47 Å². The van der Waals surface area contributed by atoms with Crippen LogP contribution in [0, 0.1) is 5.92 Å². The zero-order valence-corrected chi connectivity index (χ0v) is 11.0. The molecule has 0 radical (unpaired) electrons. The maximum absolute atomic E-state index is 5.54. The Hall–Kier alpha value is -0.160. The summed E-state index contributed by atoms with van der Waals surface area (Å²) in [5.41, 5.74) is 0. The van der Waals surface area contributed by atoms with Gasteiger partial charge in [-0.15, -0.1) is 0 Å². The van der Waals surface area contributed by atoms with Crippen molar-refractivity contribution in [3.8, 4) is 0 Å². The molecule has 0 aromatic carbocycles. The number of nitrogens with zero attached hydrogens (tertiary/aromatic N) is 1. The van der Waals surface area contributed by atoms with E-state index in [0.29, 0.717) is 18.1 Å². The Bertz CT molecular complexity index is 184. The second-order valence-corrected chi connectivity index (χ2v) is 4.70. The molecule has 1 aliphatic heterocycles. The molecule has 3 unspecified atom stereocenters. The highest BCUT2D eigenvalue weighted by Crippen LogP contribution is 2.21. The molecular weight excluding hydrogens is 204 g/mol. The number of hydrogen-bond donors (Lipinski definition) is 1. The van der Waals surface area contributed by atoms with E-state index >= 15 is 0 Å². The smallest absolute Gasteiger partial charge is 0.0724 e. The van der Waals surface area contributed by atoms with Crippen LogP contribution in [0.5, 0.6) is 0 Å². The molecule has 1 N–H and O–H groups in total. The van der Waals surface area contributed by atoms with Gasteiger partial charge in [-0.2, -0.15) is 0 Å². The van der Waals surface area contributed by atoms with Gasteiger partial charge >= 0.3 is 0 Å². The Balaban J connectivity index is 2.50.